The third-order valence-corrected chi connectivity index (χ3v) is 3.50. The zero-order valence-electron chi connectivity index (χ0n) is 10.1. The Morgan fingerprint density at radius 1 is 1.17 bits per heavy atom. The highest BCUT2D eigenvalue weighted by atomic mass is 16.3. The summed E-state index contributed by atoms with van der Waals surface area (Å²) in [5, 5.41) is 21.1. The third kappa shape index (κ3) is 2.26. The van der Waals surface area contributed by atoms with Gasteiger partial charge in [0.05, 0.1) is 11.6 Å². The first kappa shape index (κ1) is 11.3. The molecular weight excluding hydrogens is 228 g/mol. The lowest BCUT2D eigenvalue weighted by Gasteiger charge is -2.14. The molecule has 0 bridgehead atoms. The van der Waals surface area contributed by atoms with Crippen LogP contribution < -0.4 is 5.32 Å². The van der Waals surface area contributed by atoms with E-state index in [1.165, 1.54) is 0 Å². The summed E-state index contributed by atoms with van der Waals surface area (Å²) >= 11 is 0. The van der Waals surface area contributed by atoms with E-state index < -0.39 is 0 Å². The van der Waals surface area contributed by atoms with Crippen molar-refractivity contribution in [2.24, 2.45) is 5.92 Å². The van der Waals surface area contributed by atoms with Crippen LogP contribution in [-0.2, 0) is 0 Å². The summed E-state index contributed by atoms with van der Waals surface area (Å²) in [6.07, 6.45) is 2.88. The first-order valence-corrected chi connectivity index (χ1v) is 6.34. The van der Waals surface area contributed by atoms with Crippen LogP contribution in [0.15, 0.2) is 24.3 Å². The molecule has 2 aromatic rings. The van der Waals surface area contributed by atoms with Crippen molar-refractivity contribution in [1.82, 2.24) is 15.2 Å². The van der Waals surface area contributed by atoms with E-state index in [0.717, 1.165) is 30.3 Å². The van der Waals surface area contributed by atoms with Gasteiger partial charge >= 0.3 is 0 Å². The molecule has 1 fully saturated rings. The van der Waals surface area contributed by atoms with E-state index in [2.05, 4.69) is 20.5 Å². The molecule has 2 N–H and O–H groups in total. The van der Waals surface area contributed by atoms with Gasteiger partial charge in [0.2, 0.25) is 5.95 Å². The summed E-state index contributed by atoms with van der Waals surface area (Å²) in [5.41, 5.74) is 1.63. The molecule has 1 aliphatic rings. The van der Waals surface area contributed by atoms with Gasteiger partial charge in [0, 0.05) is 12.5 Å². The van der Waals surface area contributed by atoms with E-state index in [0.29, 0.717) is 18.4 Å². The van der Waals surface area contributed by atoms with Crippen LogP contribution in [-0.4, -0.2) is 32.9 Å². The van der Waals surface area contributed by atoms with Crippen LogP contribution in [0.1, 0.15) is 19.3 Å². The quantitative estimate of drug-likeness (QED) is 0.858. The fraction of sp³-hybridized carbons (Fsp3) is 0.462. The van der Waals surface area contributed by atoms with Gasteiger partial charge in [-0.3, -0.25) is 0 Å². The number of rotatable bonds is 3. The minimum absolute atomic E-state index is 0.189. The second kappa shape index (κ2) is 4.86. The molecule has 1 saturated carbocycles. The number of para-hydroxylation sites is 1. The molecule has 1 aromatic carbocycles. The molecule has 18 heavy (non-hydrogen) atoms. The maximum Gasteiger partial charge on any atom is 0.243 e. The van der Waals surface area contributed by atoms with Crippen molar-refractivity contribution >= 4 is 17.0 Å². The minimum Gasteiger partial charge on any atom is -0.393 e. The molecule has 0 amide bonds. The molecule has 94 valence electrons. The van der Waals surface area contributed by atoms with E-state index in [9.17, 15) is 5.11 Å². The van der Waals surface area contributed by atoms with Gasteiger partial charge in [-0.1, -0.05) is 18.6 Å². The molecule has 0 aliphatic heterocycles. The number of hydrogen-bond donors (Lipinski definition) is 2. The summed E-state index contributed by atoms with van der Waals surface area (Å²) in [7, 11) is 0. The van der Waals surface area contributed by atoms with Gasteiger partial charge in [-0.05, 0) is 25.0 Å². The number of nitrogens with one attached hydrogen (secondary N) is 1. The first-order valence-electron chi connectivity index (χ1n) is 6.34. The molecule has 5 heteroatoms. The molecule has 0 saturated heterocycles. The smallest absolute Gasteiger partial charge is 0.243 e. The average molecular weight is 244 g/mol. The summed E-state index contributed by atoms with van der Waals surface area (Å²) in [4.78, 5) is 4.39. The monoisotopic (exact) mass is 244 g/mol. The van der Waals surface area contributed by atoms with E-state index >= 15 is 0 Å². The number of aliphatic hydroxyl groups excluding tert-OH is 1. The highest BCUT2D eigenvalue weighted by Gasteiger charge is 2.24. The third-order valence-electron chi connectivity index (χ3n) is 3.50. The van der Waals surface area contributed by atoms with Crippen LogP contribution >= 0.6 is 0 Å². The summed E-state index contributed by atoms with van der Waals surface area (Å²) in [6, 6.07) is 7.65. The molecule has 0 radical (unpaired) electrons. The number of nitrogens with zero attached hydrogens (tertiary/aromatic N) is 3. The molecule has 1 heterocycles. The van der Waals surface area contributed by atoms with Crippen molar-refractivity contribution in [3.8, 4) is 0 Å². The maximum atomic E-state index is 9.74. The second-order valence-corrected chi connectivity index (χ2v) is 4.76. The van der Waals surface area contributed by atoms with E-state index in [4.69, 9.17) is 0 Å². The highest BCUT2D eigenvalue weighted by Crippen LogP contribution is 2.25. The normalized spacial score (nSPS) is 23.4. The van der Waals surface area contributed by atoms with Gasteiger partial charge in [-0.25, -0.2) is 4.98 Å². The Morgan fingerprint density at radius 2 is 2.00 bits per heavy atom. The average Bonchev–Trinajstić information content (AvgIpc) is 2.82. The highest BCUT2D eigenvalue weighted by molar-refractivity contribution is 5.73. The zero-order chi connectivity index (χ0) is 12.4. The topological polar surface area (TPSA) is 70.9 Å². The molecule has 3 rings (SSSR count). The van der Waals surface area contributed by atoms with Gasteiger partial charge in [-0.2, -0.15) is 0 Å². The minimum atomic E-state index is -0.189. The van der Waals surface area contributed by atoms with Crippen molar-refractivity contribution in [2.75, 3.05) is 11.9 Å². The van der Waals surface area contributed by atoms with Crippen LogP contribution in [0.2, 0.25) is 0 Å². The largest absolute Gasteiger partial charge is 0.393 e. The predicted octanol–water partition coefficient (Wildman–Crippen LogP) is 1.60. The van der Waals surface area contributed by atoms with Crippen molar-refractivity contribution in [1.29, 1.82) is 0 Å². The second-order valence-electron chi connectivity index (χ2n) is 4.76. The lowest BCUT2D eigenvalue weighted by Crippen LogP contribution is -2.22. The molecule has 1 aromatic heterocycles. The molecular formula is C13H16N4O. The Balaban J connectivity index is 1.71. The first-order chi connectivity index (χ1) is 8.83. The Kier molecular flexibility index (Phi) is 3.06. The van der Waals surface area contributed by atoms with Crippen LogP contribution in [0.4, 0.5) is 5.95 Å². The Morgan fingerprint density at radius 3 is 2.78 bits per heavy atom. The number of aromatic nitrogens is 3. The van der Waals surface area contributed by atoms with Crippen molar-refractivity contribution in [2.45, 2.75) is 25.4 Å². The van der Waals surface area contributed by atoms with Gasteiger partial charge in [-0.15, -0.1) is 10.2 Å². The summed E-state index contributed by atoms with van der Waals surface area (Å²) < 4.78 is 0. The lowest BCUT2D eigenvalue weighted by atomic mass is 10.1. The fourth-order valence-corrected chi connectivity index (χ4v) is 2.43. The van der Waals surface area contributed by atoms with Gasteiger partial charge < -0.3 is 10.4 Å². The predicted molar refractivity (Wildman–Crippen MR) is 69.2 cm³/mol. The lowest BCUT2D eigenvalue weighted by molar-refractivity contribution is 0.138. The van der Waals surface area contributed by atoms with Crippen LogP contribution in [0.3, 0.4) is 0 Å². The van der Waals surface area contributed by atoms with Crippen LogP contribution in [0.25, 0.3) is 11.0 Å². The van der Waals surface area contributed by atoms with Crippen molar-refractivity contribution in [3.63, 3.8) is 0 Å². The number of hydrogen-bond acceptors (Lipinski definition) is 5. The molecule has 2 atom stereocenters. The summed E-state index contributed by atoms with van der Waals surface area (Å²) in [5.74, 6) is 0.841. The Hall–Kier alpha value is -1.75. The SMILES string of the molecule is OC1CCCC1CNc1nnc2ccccc2n1. The Labute approximate surface area is 105 Å². The number of anilines is 1. The fourth-order valence-electron chi connectivity index (χ4n) is 2.43. The number of aliphatic hydroxyl groups is 1. The molecule has 2 unspecified atom stereocenters. The van der Waals surface area contributed by atoms with Gasteiger partial charge in [0.25, 0.3) is 0 Å². The van der Waals surface area contributed by atoms with Gasteiger partial charge in [0.1, 0.15) is 5.52 Å². The summed E-state index contributed by atoms with van der Waals surface area (Å²) in [6.45, 7) is 0.710. The van der Waals surface area contributed by atoms with E-state index in [1.54, 1.807) is 0 Å². The molecule has 5 nitrogen and oxygen atoms in total. The van der Waals surface area contributed by atoms with Gasteiger partial charge in [0.15, 0.2) is 0 Å². The number of fused-ring (bicyclic) bond motifs is 1. The van der Waals surface area contributed by atoms with E-state index in [1.807, 2.05) is 24.3 Å². The number of benzene rings is 1. The zero-order valence-corrected chi connectivity index (χ0v) is 10.1. The standard InChI is InChI=1S/C13H16N4O/c18-12-7-3-4-9(12)8-14-13-15-10-5-1-2-6-11(10)16-17-13/h1-2,5-6,9,12,18H,3-4,7-8H2,(H,14,15,17). The van der Waals surface area contributed by atoms with Crippen LogP contribution in [0, 0.1) is 5.92 Å². The maximum absolute atomic E-state index is 9.74. The molecule has 0 spiro atoms. The Bertz CT molecular complexity index is 545. The van der Waals surface area contributed by atoms with Crippen LogP contribution in [0.5, 0.6) is 0 Å². The van der Waals surface area contributed by atoms with E-state index in [-0.39, 0.29) is 6.10 Å². The molecule has 1 aliphatic carbocycles. The van der Waals surface area contributed by atoms with Crippen molar-refractivity contribution in [3.05, 3.63) is 24.3 Å². The van der Waals surface area contributed by atoms with Crippen molar-refractivity contribution < 1.29 is 5.11 Å².